The molecule has 0 aromatic carbocycles. The highest BCUT2D eigenvalue weighted by Crippen LogP contribution is 2.16. The number of hydrogen-bond acceptors (Lipinski definition) is 5. The fraction of sp³-hybridized carbons (Fsp3) is 0.727. The number of amides is 1. The predicted octanol–water partition coefficient (Wildman–Crippen LogP) is -0.147. The van der Waals surface area contributed by atoms with Gasteiger partial charge in [-0.1, -0.05) is 5.16 Å². The molecule has 2 aliphatic heterocycles. The summed E-state index contributed by atoms with van der Waals surface area (Å²) in [5, 5.41) is 12.2. The minimum atomic E-state index is -1.14. The largest absolute Gasteiger partial charge is 0.477 e. The number of hydrogen-bond donors (Lipinski definition) is 1. The van der Waals surface area contributed by atoms with E-state index in [1.165, 1.54) is 0 Å². The number of nitrogens with zero attached hydrogens (tertiary/aromatic N) is 2. The summed E-state index contributed by atoms with van der Waals surface area (Å²) in [5.74, 6) is -1.36. The maximum absolute atomic E-state index is 12.1. The Morgan fingerprint density at radius 2 is 2.28 bits per heavy atom. The van der Waals surface area contributed by atoms with Crippen LogP contribution in [0.4, 0.5) is 0 Å². The number of rotatable bonds is 2. The molecule has 7 heteroatoms. The second-order valence-corrected chi connectivity index (χ2v) is 4.46. The van der Waals surface area contributed by atoms with Crippen LogP contribution in [-0.2, 0) is 19.2 Å². The quantitative estimate of drug-likeness (QED) is 0.742. The molecular formula is C11H16N2O5. The van der Waals surface area contributed by atoms with Crippen molar-refractivity contribution >= 4 is 17.6 Å². The van der Waals surface area contributed by atoms with Gasteiger partial charge in [-0.25, -0.2) is 4.79 Å². The highest BCUT2D eigenvalue weighted by Gasteiger charge is 2.35. The number of carboxylic acid groups (broad SMARTS) is 1. The molecule has 0 aromatic rings. The molecular weight excluding hydrogens is 240 g/mol. The molecule has 100 valence electrons. The monoisotopic (exact) mass is 256 g/mol. The van der Waals surface area contributed by atoms with Gasteiger partial charge in [-0.2, -0.15) is 0 Å². The summed E-state index contributed by atoms with van der Waals surface area (Å²) in [4.78, 5) is 29.4. The van der Waals surface area contributed by atoms with E-state index >= 15 is 0 Å². The van der Waals surface area contributed by atoms with Crippen LogP contribution in [0.2, 0.25) is 0 Å². The van der Waals surface area contributed by atoms with Crippen molar-refractivity contribution in [3.8, 4) is 0 Å². The van der Waals surface area contributed by atoms with Gasteiger partial charge in [0.2, 0.25) is 6.10 Å². The molecule has 0 saturated carbocycles. The summed E-state index contributed by atoms with van der Waals surface area (Å²) >= 11 is 0. The standard InChI is InChI=1S/C11H16N2O5/c1-7-6-13(3-2-4-17-7)10(14)9-5-8(11(15)16)12-18-9/h7,9H,2-6H2,1H3,(H,15,16). The molecule has 0 aromatic heterocycles. The molecule has 1 fully saturated rings. The lowest BCUT2D eigenvalue weighted by atomic mass is 10.1. The fourth-order valence-corrected chi connectivity index (χ4v) is 2.03. The average Bonchev–Trinajstić information content (AvgIpc) is 2.72. The Hall–Kier alpha value is -1.63. The van der Waals surface area contributed by atoms with E-state index in [0.717, 1.165) is 6.42 Å². The fourth-order valence-electron chi connectivity index (χ4n) is 2.03. The van der Waals surface area contributed by atoms with Crippen LogP contribution >= 0.6 is 0 Å². The molecule has 2 unspecified atom stereocenters. The van der Waals surface area contributed by atoms with Gasteiger partial charge in [0.15, 0.2) is 5.71 Å². The molecule has 0 spiro atoms. The lowest BCUT2D eigenvalue weighted by Gasteiger charge is -2.23. The van der Waals surface area contributed by atoms with E-state index < -0.39 is 12.1 Å². The summed E-state index contributed by atoms with van der Waals surface area (Å²) < 4.78 is 5.45. The lowest BCUT2D eigenvalue weighted by Crippen LogP contribution is -2.42. The zero-order chi connectivity index (χ0) is 13.1. The Labute approximate surface area is 104 Å². The molecule has 2 atom stereocenters. The molecule has 0 bridgehead atoms. The minimum Gasteiger partial charge on any atom is -0.477 e. The van der Waals surface area contributed by atoms with Crippen LogP contribution in [0.3, 0.4) is 0 Å². The van der Waals surface area contributed by atoms with Crippen LogP contribution in [0, 0.1) is 0 Å². The first-order valence-corrected chi connectivity index (χ1v) is 5.94. The Morgan fingerprint density at radius 3 is 2.94 bits per heavy atom. The first kappa shape index (κ1) is 12.8. The van der Waals surface area contributed by atoms with E-state index in [0.29, 0.717) is 19.7 Å². The predicted molar refractivity (Wildman–Crippen MR) is 61.2 cm³/mol. The minimum absolute atomic E-state index is 0.0160. The molecule has 0 aliphatic carbocycles. The van der Waals surface area contributed by atoms with Gasteiger partial charge in [0.25, 0.3) is 5.91 Å². The van der Waals surface area contributed by atoms with Crippen LogP contribution in [-0.4, -0.2) is 59.5 Å². The van der Waals surface area contributed by atoms with E-state index in [2.05, 4.69) is 5.16 Å². The molecule has 1 saturated heterocycles. The summed E-state index contributed by atoms with van der Waals surface area (Å²) in [6.45, 7) is 3.64. The SMILES string of the molecule is CC1CN(C(=O)C2CC(C(=O)O)=NO2)CCCO1. The number of ether oxygens (including phenoxy) is 1. The molecule has 2 rings (SSSR count). The zero-order valence-corrected chi connectivity index (χ0v) is 10.2. The smallest absolute Gasteiger partial charge is 0.353 e. The molecule has 2 heterocycles. The van der Waals surface area contributed by atoms with Crippen molar-refractivity contribution in [2.75, 3.05) is 19.7 Å². The van der Waals surface area contributed by atoms with Crippen molar-refractivity contribution in [1.29, 1.82) is 0 Å². The Morgan fingerprint density at radius 1 is 1.50 bits per heavy atom. The first-order valence-electron chi connectivity index (χ1n) is 5.94. The summed E-state index contributed by atoms with van der Waals surface area (Å²) in [6.07, 6.45) is -0.0193. The number of oxime groups is 1. The van der Waals surface area contributed by atoms with E-state index in [1.807, 2.05) is 6.92 Å². The summed E-state index contributed by atoms with van der Waals surface area (Å²) in [5.41, 5.74) is -0.104. The first-order chi connectivity index (χ1) is 8.58. The van der Waals surface area contributed by atoms with E-state index in [9.17, 15) is 9.59 Å². The molecule has 1 amide bonds. The van der Waals surface area contributed by atoms with Crippen LogP contribution in [0.5, 0.6) is 0 Å². The second-order valence-electron chi connectivity index (χ2n) is 4.46. The molecule has 7 nitrogen and oxygen atoms in total. The van der Waals surface area contributed by atoms with Crippen molar-refractivity contribution in [3.05, 3.63) is 0 Å². The van der Waals surface area contributed by atoms with Gasteiger partial charge in [-0.05, 0) is 13.3 Å². The average molecular weight is 256 g/mol. The van der Waals surface area contributed by atoms with Crippen LogP contribution in [0.1, 0.15) is 19.8 Å². The van der Waals surface area contributed by atoms with Gasteiger partial charge in [0.1, 0.15) is 0 Å². The zero-order valence-electron chi connectivity index (χ0n) is 10.2. The Kier molecular flexibility index (Phi) is 3.81. The van der Waals surface area contributed by atoms with Gasteiger partial charge in [0.05, 0.1) is 6.10 Å². The van der Waals surface area contributed by atoms with Crippen LogP contribution in [0.25, 0.3) is 0 Å². The van der Waals surface area contributed by atoms with Crippen molar-refractivity contribution in [2.45, 2.75) is 32.0 Å². The second kappa shape index (κ2) is 5.34. The van der Waals surface area contributed by atoms with Crippen molar-refractivity contribution in [2.24, 2.45) is 5.16 Å². The van der Waals surface area contributed by atoms with E-state index in [-0.39, 0.29) is 24.1 Å². The molecule has 1 N–H and O–H groups in total. The highest BCUT2D eigenvalue weighted by molar-refractivity contribution is 6.36. The highest BCUT2D eigenvalue weighted by atomic mass is 16.6. The maximum Gasteiger partial charge on any atom is 0.353 e. The molecule has 2 aliphatic rings. The van der Waals surface area contributed by atoms with Gasteiger partial charge < -0.3 is 19.6 Å². The van der Waals surface area contributed by atoms with E-state index in [4.69, 9.17) is 14.7 Å². The topological polar surface area (TPSA) is 88.4 Å². The number of carbonyl (C=O) groups excluding carboxylic acids is 1. The Bertz CT molecular complexity index is 382. The Balaban J connectivity index is 1.94. The summed E-state index contributed by atoms with van der Waals surface area (Å²) in [6, 6.07) is 0. The van der Waals surface area contributed by atoms with Crippen LogP contribution < -0.4 is 0 Å². The number of carboxylic acids is 1. The van der Waals surface area contributed by atoms with E-state index in [1.54, 1.807) is 4.90 Å². The van der Waals surface area contributed by atoms with Crippen LogP contribution in [0.15, 0.2) is 5.16 Å². The number of aliphatic carboxylic acids is 1. The third kappa shape index (κ3) is 2.79. The normalized spacial score (nSPS) is 28.3. The third-order valence-electron chi connectivity index (χ3n) is 2.96. The van der Waals surface area contributed by atoms with Crippen molar-refractivity contribution in [1.82, 2.24) is 4.90 Å². The summed E-state index contributed by atoms with van der Waals surface area (Å²) in [7, 11) is 0. The lowest BCUT2D eigenvalue weighted by molar-refractivity contribution is -0.142. The molecule has 0 radical (unpaired) electrons. The molecule has 18 heavy (non-hydrogen) atoms. The van der Waals surface area contributed by atoms with Crippen molar-refractivity contribution < 1.29 is 24.3 Å². The maximum atomic E-state index is 12.1. The third-order valence-corrected chi connectivity index (χ3v) is 2.96. The van der Waals surface area contributed by atoms with Gasteiger partial charge >= 0.3 is 5.97 Å². The van der Waals surface area contributed by atoms with Gasteiger partial charge in [0, 0.05) is 26.1 Å². The van der Waals surface area contributed by atoms with Gasteiger partial charge in [-0.15, -0.1) is 0 Å². The number of carbonyl (C=O) groups is 2. The van der Waals surface area contributed by atoms with Gasteiger partial charge in [-0.3, -0.25) is 4.79 Å². The van der Waals surface area contributed by atoms with Crippen molar-refractivity contribution in [3.63, 3.8) is 0 Å².